The van der Waals surface area contributed by atoms with Crippen molar-refractivity contribution in [2.24, 2.45) is 17.3 Å². The Hall–Kier alpha value is -2.25. The first-order valence-corrected chi connectivity index (χ1v) is 10.0. The van der Waals surface area contributed by atoms with Crippen LogP contribution in [0.3, 0.4) is 0 Å². The molecule has 0 saturated heterocycles. The average Bonchev–Trinajstić information content (AvgIpc) is 3.13. The van der Waals surface area contributed by atoms with Crippen LogP contribution in [0.4, 0.5) is 0 Å². The van der Waals surface area contributed by atoms with E-state index in [4.69, 9.17) is 14.2 Å². The number of aliphatic hydroxyl groups excluding tert-OH is 1. The lowest BCUT2D eigenvalue weighted by molar-refractivity contribution is -0.150. The van der Waals surface area contributed by atoms with E-state index in [0.29, 0.717) is 16.7 Å². The predicted molar refractivity (Wildman–Crippen MR) is 110 cm³/mol. The number of Topliss-reactive ketones (excluding diaryl/α,β-unsaturated/α-hetero) is 1. The summed E-state index contributed by atoms with van der Waals surface area (Å²) in [6.45, 7) is 10.9. The summed E-state index contributed by atoms with van der Waals surface area (Å²) in [5, 5.41) is 10.3. The average molecular weight is 421 g/mol. The first-order valence-electron chi connectivity index (χ1n) is 10.0. The van der Waals surface area contributed by atoms with E-state index in [2.05, 4.69) is 6.58 Å². The van der Waals surface area contributed by atoms with Gasteiger partial charge in [-0.15, -0.1) is 6.58 Å². The number of allylic oxidation sites excluding steroid dienone is 1. The molecule has 0 radical (unpaired) electrons. The maximum atomic E-state index is 12.8. The second-order valence-electron chi connectivity index (χ2n) is 8.59. The minimum absolute atomic E-state index is 0.0697. The number of rotatable bonds is 9. The summed E-state index contributed by atoms with van der Waals surface area (Å²) >= 11 is 0. The van der Waals surface area contributed by atoms with Crippen molar-refractivity contribution in [2.45, 2.75) is 58.8 Å². The van der Waals surface area contributed by atoms with E-state index in [-0.39, 0.29) is 30.0 Å². The smallest absolute Gasteiger partial charge is 0.333 e. The van der Waals surface area contributed by atoms with E-state index in [0.717, 1.165) is 0 Å². The van der Waals surface area contributed by atoms with Gasteiger partial charge in [-0.05, 0) is 30.8 Å². The fourth-order valence-electron chi connectivity index (χ4n) is 4.15. The topological polar surface area (TPSA) is 99.1 Å². The standard InChI is InChI=1S/C23H32O7/c1-8-18(28-6)17(25)10-14-13(3)19(11-16(14)24)30-22(27)20-15(23(20,4)5)9-12(2)21(26)29-7/h8-9,15,17-20,25H,1,10-11H2,2-7H3. The summed E-state index contributed by atoms with van der Waals surface area (Å²) in [4.78, 5) is 36.9. The molecule has 2 rings (SSSR count). The number of ether oxygens (including phenoxy) is 3. The van der Waals surface area contributed by atoms with Gasteiger partial charge in [0, 0.05) is 24.7 Å². The molecule has 1 N–H and O–H groups in total. The van der Waals surface area contributed by atoms with Gasteiger partial charge in [0.1, 0.15) is 12.2 Å². The maximum Gasteiger partial charge on any atom is 0.333 e. The summed E-state index contributed by atoms with van der Waals surface area (Å²) in [5.41, 5.74) is 1.23. The van der Waals surface area contributed by atoms with E-state index in [1.54, 1.807) is 19.9 Å². The lowest BCUT2D eigenvalue weighted by Gasteiger charge is -2.19. The van der Waals surface area contributed by atoms with Crippen molar-refractivity contribution in [2.75, 3.05) is 14.2 Å². The molecular formula is C23H32O7. The number of hydrogen-bond acceptors (Lipinski definition) is 7. The Balaban J connectivity index is 2.08. The van der Waals surface area contributed by atoms with E-state index >= 15 is 0 Å². The molecule has 7 heteroatoms. The van der Waals surface area contributed by atoms with Gasteiger partial charge in [0.05, 0.1) is 25.6 Å². The molecule has 7 nitrogen and oxygen atoms in total. The molecule has 166 valence electrons. The zero-order valence-corrected chi connectivity index (χ0v) is 18.6. The first-order chi connectivity index (χ1) is 14.0. The Labute approximate surface area is 177 Å². The van der Waals surface area contributed by atoms with Crippen LogP contribution in [-0.4, -0.2) is 55.4 Å². The monoisotopic (exact) mass is 420 g/mol. The number of carbonyl (C=O) groups excluding carboxylic acids is 3. The summed E-state index contributed by atoms with van der Waals surface area (Å²) in [7, 11) is 2.77. The lowest BCUT2D eigenvalue weighted by Crippen LogP contribution is -2.27. The summed E-state index contributed by atoms with van der Waals surface area (Å²) in [5.74, 6) is -1.49. The minimum Gasteiger partial charge on any atom is -0.466 e. The highest BCUT2D eigenvalue weighted by Crippen LogP contribution is 2.60. The van der Waals surface area contributed by atoms with Gasteiger partial charge in [0.2, 0.25) is 0 Å². The van der Waals surface area contributed by atoms with Crippen molar-refractivity contribution in [1.29, 1.82) is 0 Å². The van der Waals surface area contributed by atoms with Crippen molar-refractivity contribution < 1.29 is 33.7 Å². The molecule has 2 aliphatic rings. The molecule has 5 atom stereocenters. The molecule has 30 heavy (non-hydrogen) atoms. The highest BCUT2D eigenvalue weighted by molar-refractivity contribution is 6.00. The van der Waals surface area contributed by atoms with Crippen LogP contribution >= 0.6 is 0 Å². The molecule has 0 aliphatic heterocycles. The number of hydrogen-bond donors (Lipinski definition) is 1. The lowest BCUT2D eigenvalue weighted by atomic mass is 10.0. The van der Waals surface area contributed by atoms with Crippen LogP contribution < -0.4 is 0 Å². The zero-order chi connectivity index (χ0) is 22.8. The van der Waals surface area contributed by atoms with Crippen molar-refractivity contribution >= 4 is 17.7 Å². The zero-order valence-electron chi connectivity index (χ0n) is 18.6. The molecule has 5 unspecified atom stereocenters. The Kier molecular flexibility index (Phi) is 7.42. The largest absolute Gasteiger partial charge is 0.466 e. The molecular weight excluding hydrogens is 388 g/mol. The summed E-state index contributed by atoms with van der Waals surface area (Å²) < 4.78 is 15.5. The normalized spacial score (nSPS) is 27.5. The van der Waals surface area contributed by atoms with Gasteiger partial charge in [-0.25, -0.2) is 4.79 Å². The van der Waals surface area contributed by atoms with Crippen LogP contribution in [-0.2, 0) is 28.6 Å². The molecule has 1 saturated carbocycles. The van der Waals surface area contributed by atoms with E-state index in [1.807, 2.05) is 13.8 Å². The molecule has 0 heterocycles. The van der Waals surface area contributed by atoms with Crippen molar-refractivity contribution in [1.82, 2.24) is 0 Å². The molecule has 0 aromatic carbocycles. The predicted octanol–water partition coefficient (Wildman–Crippen LogP) is 2.53. The van der Waals surface area contributed by atoms with Crippen LogP contribution in [0.15, 0.2) is 35.5 Å². The third-order valence-electron chi connectivity index (χ3n) is 6.32. The van der Waals surface area contributed by atoms with Gasteiger partial charge < -0.3 is 19.3 Å². The van der Waals surface area contributed by atoms with Gasteiger partial charge in [-0.1, -0.05) is 26.0 Å². The van der Waals surface area contributed by atoms with Crippen molar-refractivity contribution in [3.05, 3.63) is 35.5 Å². The minimum atomic E-state index is -0.908. The summed E-state index contributed by atoms with van der Waals surface area (Å²) in [6, 6.07) is 0. The fourth-order valence-corrected chi connectivity index (χ4v) is 4.15. The second-order valence-corrected chi connectivity index (χ2v) is 8.59. The number of esters is 2. The molecule has 0 spiro atoms. The van der Waals surface area contributed by atoms with Gasteiger partial charge in [0.15, 0.2) is 5.78 Å². The van der Waals surface area contributed by atoms with Gasteiger partial charge >= 0.3 is 11.9 Å². The highest BCUT2D eigenvalue weighted by atomic mass is 16.5. The third kappa shape index (κ3) is 4.73. The molecule has 0 aromatic heterocycles. The van der Waals surface area contributed by atoms with Crippen molar-refractivity contribution in [3.63, 3.8) is 0 Å². The molecule has 0 bridgehead atoms. The van der Waals surface area contributed by atoms with E-state index in [1.165, 1.54) is 20.3 Å². The van der Waals surface area contributed by atoms with Crippen LogP contribution in [0.1, 0.15) is 40.5 Å². The molecule has 0 amide bonds. The Bertz CT molecular complexity index is 789. The van der Waals surface area contributed by atoms with E-state index < -0.39 is 36.2 Å². The van der Waals surface area contributed by atoms with Gasteiger partial charge in [-0.2, -0.15) is 0 Å². The van der Waals surface area contributed by atoms with Crippen LogP contribution in [0.25, 0.3) is 0 Å². The van der Waals surface area contributed by atoms with Crippen molar-refractivity contribution in [3.8, 4) is 0 Å². The number of ketones is 1. The SMILES string of the molecule is C=CC(OC)C(O)CC1=C(C)C(OC(=O)C2C(C=C(C)C(=O)OC)C2(C)C)CC1=O. The van der Waals surface area contributed by atoms with Gasteiger partial charge in [-0.3, -0.25) is 9.59 Å². The fraction of sp³-hybridized carbons (Fsp3) is 0.609. The quantitative estimate of drug-likeness (QED) is 0.348. The van der Waals surface area contributed by atoms with E-state index in [9.17, 15) is 19.5 Å². The van der Waals surface area contributed by atoms with Gasteiger partial charge in [0.25, 0.3) is 0 Å². The Morgan fingerprint density at radius 2 is 1.97 bits per heavy atom. The summed E-state index contributed by atoms with van der Waals surface area (Å²) in [6.07, 6.45) is 1.28. The van der Waals surface area contributed by atoms with Crippen LogP contribution in [0, 0.1) is 17.3 Å². The molecule has 0 aromatic rings. The molecule has 2 aliphatic carbocycles. The Morgan fingerprint density at radius 3 is 2.50 bits per heavy atom. The second kappa shape index (κ2) is 9.27. The number of aliphatic hydroxyl groups is 1. The third-order valence-corrected chi connectivity index (χ3v) is 6.32. The highest BCUT2D eigenvalue weighted by Gasteiger charge is 2.62. The Morgan fingerprint density at radius 1 is 1.33 bits per heavy atom. The number of carbonyl (C=O) groups is 3. The van der Waals surface area contributed by atoms with Crippen LogP contribution in [0.2, 0.25) is 0 Å². The first kappa shape index (κ1) is 24.0. The number of methoxy groups -OCH3 is 2. The maximum absolute atomic E-state index is 12.8. The molecule has 1 fully saturated rings. The van der Waals surface area contributed by atoms with Crippen LogP contribution in [0.5, 0.6) is 0 Å².